The molecule has 14 nitrogen and oxygen atoms in total. The fraction of sp³-hybridized carbons (Fsp3) is 0.524. The number of fused-ring (bicyclic) bond motifs is 6. The molecule has 5 atom stereocenters. The van der Waals surface area contributed by atoms with Gasteiger partial charge in [0.15, 0.2) is 34.5 Å². The van der Waals surface area contributed by atoms with Gasteiger partial charge in [0.05, 0.1) is 38.2 Å². The molecule has 15 heteroatoms. The van der Waals surface area contributed by atoms with Gasteiger partial charge in [0.2, 0.25) is 6.79 Å². The number of aromatic hydroxyl groups is 1. The Hall–Kier alpha value is -4.41. The predicted molar refractivity (Wildman–Crippen MR) is 213 cm³/mol. The standard InChI is InChI=1S/C42H53N3O11S/c1-21-16-25-10-8-13-45-27(19-53-42(49)33-26-18-29(50-5)28(48)17-24(26)11-12-44-33)31-32(37(56-23(3)47)22(2)38-40(31)55-20-54-38)41(57-7)35(45)34(43-4)30(25)39(36(21)51-6)52-15-9-14-46/h16-18,27,33-35,41,43-44,46,48H,8-15,19-20H2,1-7H3/t27?,33?,34-,35?,41?/m1/s1. The molecule has 57 heavy (non-hydrogen) atoms. The molecule has 0 spiro atoms. The predicted octanol–water partition coefficient (Wildman–Crippen LogP) is 4.91. The number of aryl methyl sites for hydroxylation is 2. The number of phenols is 1. The summed E-state index contributed by atoms with van der Waals surface area (Å²) in [6.07, 6.45) is 4.63. The molecule has 4 heterocycles. The summed E-state index contributed by atoms with van der Waals surface area (Å²) < 4.78 is 42.7. The van der Waals surface area contributed by atoms with Crippen LogP contribution in [0.2, 0.25) is 0 Å². The highest BCUT2D eigenvalue weighted by Crippen LogP contribution is 2.60. The average Bonchev–Trinajstić information content (AvgIpc) is 3.69. The second kappa shape index (κ2) is 17.2. The number of methoxy groups -OCH3 is 2. The monoisotopic (exact) mass is 807 g/mol. The van der Waals surface area contributed by atoms with Crippen LogP contribution in [0.1, 0.15) is 87.6 Å². The largest absolute Gasteiger partial charge is 0.504 e. The molecule has 4 aliphatic rings. The van der Waals surface area contributed by atoms with E-state index >= 15 is 0 Å². The van der Waals surface area contributed by atoms with E-state index in [0.29, 0.717) is 72.4 Å². The summed E-state index contributed by atoms with van der Waals surface area (Å²) in [4.78, 5) is 29.5. The Kier molecular flexibility index (Phi) is 12.3. The van der Waals surface area contributed by atoms with Crippen LogP contribution >= 0.6 is 11.8 Å². The lowest BCUT2D eigenvalue weighted by molar-refractivity contribution is -0.149. The van der Waals surface area contributed by atoms with Crippen LogP contribution in [0.3, 0.4) is 0 Å². The topological polar surface area (TPSA) is 167 Å². The van der Waals surface area contributed by atoms with Crippen LogP contribution in [0.4, 0.5) is 0 Å². The number of nitrogens with zero attached hydrogens (tertiary/aromatic N) is 1. The van der Waals surface area contributed by atoms with E-state index < -0.39 is 24.0 Å². The molecule has 0 fully saturated rings. The van der Waals surface area contributed by atoms with Gasteiger partial charge in [0, 0.05) is 54.8 Å². The normalized spacial score (nSPS) is 22.2. The number of ether oxygens (including phenoxy) is 7. The van der Waals surface area contributed by atoms with Gasteiger partial charge in [0.1, 0.15) is 18.4 Å². The molecule has 0 saturated heterocycles. The van der Waals surface area contributed by atoms with Gasteiger partial charge in [-0.25, -0.2) is 4.79 Å². The molecule has 0 bridgehead atoms. The number of hydrogen-bond donors (Lipinski definition) is 4. The van der Waals surface area contributed by atoms with E-state index in [2.05, 4.69) is 21.6 Å². The number of nitrogens with one attached hydrogen (secondary N) is 2. The number of hydrogen-bond acceptors (Lipinski definition) is 15. The summed E-state index contributed by atoms with van der Waals surface area (Å²) in [5, 5.41) is 26.8. The van der Waals surface area contributed by atoms with Gasteiger partial charge in [-0.1, -0.05) is 6.07 Å². The van der Waals surface area contributed by atoms with Crippen LogP contribution in [0.5, 0.6) is 40.2 Å². The van der Waals surface area contributed by atoms with E-state index in [9.17, 15) is 19.8 Å². The second-order valence-corrected chi connectivity index (χ2v) is 15.7. The molecule has 0 aromatic heterocycles. The summed E-state index contributed by atoms with van der Waals surface area (Å²) in [6, 6.07) is 3.51. The highest BCUT2D eigenvalue weighted by molar-refractivity contribution is 7.98. The first-order chi connectivity index (χ1) is 27.6. The van der Waals surface area contributed by atoms with Crippen molar-refractivity contribution in [2.75, 3.05) is 67.2 Å². The smallest absolute Gasteiger partial charge is 0.327 e. The number of carbonyl (C=O) groups excluding carboxylic acids is 2. The zero-order chi connectivity index (χ0) is 40.5. The third-order valence-corrected chi connectivity index (χ3v) is 12.5. The molecular weight excluding hydrogens is 755 g/mol. The first-order valence-corrected chi connectivity index (χ1v) is 20.7. The van der Waals surface area contributed by atoms with E-state index in [4.69, 9.17) is 33.2 Å². The fourth-order valence-electron chi connectivity index (χ4n) is 9.19. The van der Waals surface area contributed by atoms with Crippen LogP contribution in [0.15, 0.2) is 18.2 Å². The van der Waals surface area contributed by atoms with Crippen LogP contribution in [0.25, 0.3) is 0 Å². The maximum absolute atomic E-state index is 14.3. The number of aliphatic hydroxyl groups excluding tert-OH is 1. The molecule has 0 amide bonds. The van der Waals surface area contributed by atoms with E-state index in [1.807, 2.05) is 27.2 Å². The molecule has 7 rings (SSSR count). The Bertz CT molecular complexity index is 2030. The highest BCUT2D eigenvalue weighted by Gasteiger charge is 2.51. The van der Waals surface area contributed by atoms with Crippen molar-refractivity contribution in [2.45, 2.75) is 75.9 Å². The third kappa shape index (κ3) is 7.33. The summed E-state index contributed by atoms with van der Waals surface area (Å²) in [6.45, 7) is 6.65. The lowest BCUT2D eigenvalue weighted by atomic mass is 9.78. The number of likely N-dealkylation sites (N-methyl/N-ethyl adjacent to an activating group) is 1. The molecule has 4 unspecified atom stereocenters. The van der Waals surface area contributed by atoms with Gasteiger partial charge in [-0.05, 0) is 87.3 Å². The van der Waals surface area contributed by atoms with Crippen molar-refractivity contribution in [3.8, 4) is 40.2 Å². The Morgan fingerprint density at radius 3 is 2.51 bits per heavy atom. The van der Waals surface area contributed by atoms with Crippen LogP contribution in [-0.4, -0.2) is 100 Å². The van der Waals surface area contributed by atoms with Crippen molar-refractivity contribution >= 4 is 23.7 Å². The van der Waals surface area contributed by atoms with Gasteiger partial charge < -0.3 is 54.0 Å². The second-order valence-electron chi connectivity index (χ2n) is 14.8. The minimum Gasteiger partial charge on any atom is -0.504 e. The number of esters is 2. The molecule has 3 aromatic carbocycles. The van der Waals surface area contributed by atoms with Crippen LogP contribution in [-0.2, 0) is 27.2 Å². The first kappa shape index (κ1) is 40.8. The minimum atomic E-state index is -0.792. The lowest BCUT2D eigenvalue weighted by Gasteiger charge is -2.51. The molecule has 3 aromatic rings. The van der Waals surface area contributed by atoms with Gasteiger partial charge in [0.25, 0.3) is 0 Å². The Labute approximate surface area is 337 Å². The molecule has 308 valence electrons. The van der Waals surface area contributed by atoms with E-state index in [1.165, 1.54) is 14.0 Å². The summed E-state index contributed by atoms with van der Waals surface area (Å²) in [7, 11) is 5.04. The molecule has 0 saturated carbocycles. The first-order valence-electron chi connectivity index (χ1n) is 19.4. The number of aliphatic hydroxyl groups is 1. The molecule has 0 radical (unpaired) electrons. The molecule has 4 N–H and O–H groups in total. The Balaban J connectivity index is 1.39. The minimum absolute atomic E-state index is 0.0103. The third-order valence-electron chi connectivity index (χ3n) is 11.5. The maximum Gasteiger partial charge on any atom is 0.327 e. The van der Waals surface area contributed by atoms with E-state index in [0.717, 1.165) is 46.2 Å². The van der Waals surface area contributed by atoms with Gasteiger partial charge in [-0.2, -0.15) is 11.8 Å². The molecule has 0 aliphatic carbocycles. The summed E-state index contributed by atoms with van der Waals surface area (Å²) in [5.74, 6) is 2.05. The number of benzene rings is 3. The number of thioether (sulfide) groups is 1. The van der Waals surface area contributed by atoms with Crippen molar-refractivity contribution in [3.63, 3.8) is 0 Å². The summed E-state index contributed by atoms with van der Waals surface area (Å²) in [5.41, 5.74) is 6.76. The Morgan fingerprint density at radius 2 is 1.81 bits per heavy atom. The lowest BCUT2D eigenvalue weighted by Crippen LogP contribution is -2.54. The van der Waals surface area contributed by atoms with Crippen LogP contribution < -0.4 is 39.1 Å². The van der Waals surface area contributed by atoms with E-state index in [1.54, 1.807) is 31.0 Å². The van der Waals surface area contributed by atoms with Gasteiger partial charge in [-0.3, -0.25) is 9.69 Å². The number of carbonyl (C=O) groups is 2. The summed E-state index contributed by atoms with van der Waals surface area (Å²) >= 11 is 1.64. The number of rotatable bonds is 12. The van der Waals surface area contributed by atoms with Crippen molar-refractivity contribution in [2.24, 2.45) is 0 Å². The maximum atomic E-state index is 14.3. The average molecular weight is 808 g/mol. The van der Waals surface area contributed by atoms with Gasteiger partial charge in [-0.15, -0.1) is 0 Å². The quantitative estimate of drug-likeness (QED) is 0.111. The fourth-order valence-corrected chi connectivity index (χ4v) is 10.2. The van der Waals surface area contributed by atoms with Crippen molar-refractivity contribution in [3.05, 3.63) is 62.7 Å². The van der Waals surface area contributed by atoms with Crippen molar-refractivity contribution in [1.82, 2.24) is 15.5 Å². The van der Waals surface area contributed by atoms with Crippen LogP contribution in [0, 0.1) is 13.8 Å². The van der Waals surface area contributed by atoms with E-state index in [-0.39, 0.29) is 48.8 Å². The Morgan fingerprint density at radius 1 is 1.02 bits per heavy atom. The van der Waals surface area contributed by atoms with Gasteiger partial charge >= 0.3 is 11.9 Å². The SMILES string of the molecule is CN[C@@H]1c2c(cc(C)c(OC)c2OCCCO)CCCN2C(COC(=O)C3NCCc4cc(O)c(OC)cc43)c3c4c(c(C)c(OC(C)=O)c3C(SC)C12)OCO4. The number of phenolic OH excluding ortho intramolecular Hbond substituents is 1. The van der Waals surface area contributed by atoms with Crippen molar-refractivity contribution in [1.29, 1.82) is 0 Å². The molecular formula is C42H53N3O11S. The molecule has 4 aliphatic heterocycles. The highest BCUT2D eigenvalue weighted by atomic mass is 32.2. The van der Waals surface area contributed by atoms with Crippen molar-refractivity contribution < 1.29 is 53.0 Å². The zero-order valence-electron chi connectivity index (χ0n) is 33.6. The zero-order valence-corrected chi connectivity index (χ0v) is 34.4.